The molecule has 0 aliphatic carbocycles. The van der Waals surface area contributed by atoms with E-state index in [1.807, 2.05) is 12.1 Å². The van der Waals surface area contributed by atoms with Crippen molar-refractivity contribution in [3.63, 3.8) is 0 Å². The van der Waals surface area contributed by atoms with Crippen LogP contribution in [0.4, 0.5) is 0 Å². The van der Waals surface area contributed by atoms with E-state index in [0.717, 1.165) is 0 Å². The number of aryl methyl sites for hydroxylation is 1. The van der Waals surface area contributed by atoms with Crippen LogP contribution < -0.4 is 5.73 Å². The molecule has 0 fully saturated rings. The SMILES string of the molecule is Cc1ccccc1Cn1nnnc1CN. The van der Waals surface area contributed by atoms with Crippen molar-refractivity contribution < 1.29 is 0 Å². The first kappa shape index (κ1) is 9.79. The quantitative estimate of drug-likeness (QED) is 0.788. The average molecular weight is 203 g/mol. The van der Waals surface area contributed by atoms with Gasteiger partial charge in [-0.2, -0.15) is 0 Å². The maximum Gasteiger partial charge on any atom is 0.165 e. The van der Waals surface area contributed by atoms with E-state index < -0.39 is 0 Å². The molecular formula is C10H13N5. The first-order chi connectivity index (χ1) is 7.31. The summed E-state index contributed by atoms with van der Waals surface area (Å²) in [6.45, 7) is 3.10. The zero-order valence-corrected chi connectivity index (χ0v) is 8.59. The van der Waals surface area contributed by atoms with Gasteiger partial charge in [0.2, 0.25) is 0 Å². The Bertz CT molecular complexity index is 449. The molecule has 1 aromatic heterocycles. The first-order valence-corrected chi connectivity index (χ1v) is 4.81. The highest BCUT2D eigenvalue weighted by Gasteiger charge is 2.05. The molecule has 0 saturated carbocycles. The Morgan fingerprint density at radius 1 is 1.33 bits per heavy atom. The summed E-state index contributed by atoms with van der Waals surface area (Å²) in [6, 6.07) is 8.16. The second kappa shape index (κ2) is 4.18. The van der Waals surface area contributed by atoms with Crippen molar-refractivity contribution in [3.05, 3.63) is 41.2 Å². The van der Waals surface area contributed by atoms with Gasteiger partial charge in [-0.1, -0.05) is 24.3 Å². The van der Waals surface area contributed by atoms with Crippen molar-refractivity contribution in [3.8, 4) is 0 Å². The molecule has 2 rings (SSSR count). The van der Waals surface area contributed by atoms with Gasteiger partial charge in [-0.15, -0.1) is 5.10 Å². The molecule has 2 N–H and O–H groups in total. The maximum atomic E-state index is 5.52. The Labute approximate surface area is 87.9 Å². The van der Waals surface area contributed by atoms with Crippen molar-refractivity contribution in [2.45, 2.75) is 20.0 Å². The van der Waals surface area contributed by atoms with E-state index in [9.17, 15) is 0 Å². The molecular weight excluding hydrogens is 190 g/mol. The smallest absolute Gasteiger partial charge is 0.165 e. The topological polar surface area (TPSA) is 69.6 Å². The number of hydrogen-bond acceptors (Lipinski definition) is 4. The number of nitrogens with two attached hydrogens (primary N) is 1. The van der Waals surface area contributed by atoms with Crippen LogP contribution in [0.5, 0.6) is 0 Å². The number of benzene rings is 1. The molecule has 5 heteroatoms. The lowest BCUT2D eigenvalue weighted by Crippen LogP contribution is -2.11. The summed E-state index contributed by atoms with van der Waals surface area (Å²) in [5.41, 5.74) is 7.96. The molecule has 1 aromatic carbocycles. The second-order valence-electron chi connectivity index (χ2n) is 3.38. The van der Waals surface area contributed by atoms with E-state index in [4.69, 9.17) is 5.73 Å². The molecule has 0 spiro atoms. The van der Waals surface area contributed by atoms with E-state index in [-0.39, 0.29) is 0 Å². The molecule has 0 unspecified atom stereocenters. The van der Waals surface area contributed by atoms with Crippen molar-refractivity contribution in [2.24, 2.45) is 5.73 Å². The fraction of sp³-hybridized carbons (Fsp3) is 0.300. The molecule has 78 valence electrons. The van der Waals surface area contributed by atoms with Gasteiger partial charge in [-0.3, -0.25) is 0 Å². The first-order valence-electron chi connectivity index (χ1n) is 4.81. The van der Waals surface area contributed by atoms with Crippen LogP contribution in [0.15, 0.2) is 24.3 Å². The lowest BCUT2D eigenvalue weighted by atomic mass is 10.1. The van der Waals surface area contributed by atoms with E-state index in [0.29, 0.717) is 18.9 Å². The van der Waals surface area contributed by atoms with E-state index >= 15 is 0 Å². The molecule has 0 aliphatic heterocycles. The van der Waals surface area contributed by atoms with E-state index in [1.54, 1.807) is 4.68 Å². The minimum atomic E-state index is 0.360. The second-order valence-corrected chi connectivity index (χ2v) is 3.38. The highest BCUT2D eigenvalue weighted by Crippen LogP contribution is 2.08. The fourth-order valence-corrected chi connectivity index (χ4v) is 1.44. The third kappa shape index (κ3) is 2.02. The van der Waals surface area contributed by atoms with Crippen LogP contribution in [-0.2, 0) is 13.1 Å². The summed E-state index contributed by atoms with van der Waals surface area (Å²) in [7, 11) is 0. The molecule has 0 amide bonds. The summed E-state index contributed by atoms with van der Waals surface area (Å²) < 4.78 is 1.72. The minimum Gasteiger partial charge on any atom is -0.324 e. The normalized spacial score (nSPS) is 10.5. The summed E-state index contributed by atoms with van der Waals surface area (Å²) >= 11 is 0. The van der Waals surface area contributed by atoms with Gasteiger partial charge in [-0.05, 0) is 28.5 Å². The lowest BCUT2D eigenvalue weighted by molar-refractivity contribution is 0.617. The van der Waals surface area contributed by atoms with Gasteiger partial charge in [-0.25, -0.2) is 4.68 Å². The number of hydrogen-bond donors (Lipinski definition) is 1. The molecule has 0 atom stereocenters. The minimum absolute atomic E-state index is 0.360. The Hall–Kier alpha value is -1.75. The largest absolute Gasteiger partial charge is 0.324 e. The molecule has 0 aliphatic rings. The predicted molar refractivity (Wildman–Crippen MR) is 56.0 cm³/mol. The van der Waals surface area contributed by atoms with Gasteiger partial charge < -0.3 is 5.73 Å². The standard InChI is InChI=1S/C10H13N5/c1-8-4-2-3-5-9(8)7-15-10(6-11)12-13-14-15/h2-5H,6-7,11H2,1H3. The zero-order valence-electron chi connectivity index (χ0n) is 8.59. The van der Waals surface area contributed by atoms with Crippen LogP contribution >= 0.6 is 0 Å². The molecule has 0 radical (unpaired) electrons. The van der Waals surface area contributed by atoms with Crippen LogP contribution in [-0.4, -0.2) is 20.2 Å². The van der Waals surface area contributed by atoms with Gasteiger partial charge in [0.05, 0.1) is 13.1 Å². The molecule has 2 aromatic rings. The fourth-order valence-electron chi connectivity index (χ4n) is 1.44. The van der Waals surface area contributed by atoms with Gasteiger partial charge in [0.25, 0.3) is 0 Å². The Morgan fingerprint density at radius 3 is 2.87 bits per heavy atom. The van der Waals surface area contributed by atoms with Gasteiger partial charge >= 0.3 is 0 Å². The maximum absolute atomic E-state index is 5.52. The van der Waals surface area contributed by atoms with Crippen LogP contribution in [0.3, 0.4) is 0 Å². The van der Waals surface area contributed by atoms with Crippen molar-refractivity contribution in [1.82, 2.24) is 20.2 Å². The van der Waals surface area contributed by atoms with Crippen LogP contribution in [0.2, 0.25) is 0 Å². The summed E-state index contributed by atoms with van der Waals surface area (Å²) in [6.07, 6.45) is 0. The van der Waals surface area contributed by atoms with Crippen molar-refractivity contribution >= 4 is 0 Å². The number of rotatable bonds is 3. The number of nitrogens with zero attached hydrogens (tertiary/aromatic N) is 4. The van der Waals surface area contributed by atoms with Gasteiger partial charge in [0.1, 0.15) is 0 Å². The number of aromatic nitrogens is 4. The summed E-state index contributed by atoms with van der Waals surface area (Å²) in [5, 5.41) is 11.3. The van der Waals surface area contributed by atoms with Gasteiger partial charge in [0.15, 0.2) is 5.82 Å². The molecule has 15 heavy (non-hydrogen) atoms. The molecule has 0 bridgehead atoms. The third-order valence-corrected chi connectivity index (χ3v) is 2.37. The molecule has 1 heterocycles. The summed E-state index contributed by atoms with van der Waals surface area (Å²) in [4.78, 5) is 0. The zero-order chi connectivity index (χ0) is 10.7. The third-order valence-electron chi connectivity index (χ3n) is 2.37. The average Bonchev–Trinajstić information content (AvgIpc) is 2.69. The number of tetrazole rings is 1. The Balaban J connectivity index is 2.26. The highest BCUT2D eigenvalue weighted by atomic mass is 15.5. The summed E-state index contributed by atoms with van der Waals surface area (Å²) in [5.74, 6) is 0.707. The Morgan fingerprint density at radius 2 is 2.13 bits per heavy atom. The van der Waals surface area contributed by atoms with E-state index in [2.05, 4.69) is 34.6 Å². The lowest BCUT2D eigenvalue weighted by Gasteiger charge is -2.05. The molecule has 0 saturated heterocycles. The van der Waals surface area contributed by atoms with E-state index in [1.165, 1.54) is 11.1 Å². The van der Waals surface area contributed by atoms with Crippen molar-refractivity contribution in [1.29, 1.82) is 0 Å². The molecule has 5 nitrogen and oxygen atoms in total. The van der Waals surface area contributed by atoms with Crippen molar-refractivity contribution in [2.75, 3.05) is 0 Å². The van der Waals surface area contributed by atoms with Crippen LogP contribution in [0.1, 0.15) is 17.0 Å². The van der Waals surface area contributed by atoms with Gasteiger partial charge in [0, 0.05) is 0 Å². The Kier molecular flexibility index (Phi) is 2.73. The highest BCUT2D eigenvalue weighted by molar-refractivity contribution is 5.25. The predicted octanol–water partition coefficient (Wildman–Crippen LogP) is 0.489. The van der Waals surface area contributed by atoms with Crippen LogP contribution in [0.25, 0.3) is 0 Å². The van der Waals surface area contributed by atoms with Crippen LogP contribution in [0, 0.1) is 6.92 Å². The monoisotopic (exact) mass is 203 g/mol.